The van der Waals surface area contributed by atoms with Crippen molar-refractivity contribution in [1.29, 1.82) is 0 Å². The van der Waals surface area contributed by atoms with Gasteiger partial charge in [0.15, 0.2) is 5.76 Å². The molecule has 1 N–H and O–H groups in total. The van der Waals surface area contributed by atoms with Crippen LogP contribution in [-0.4, -0.2) is 22.6 Å². The maximum Gasteiger partial charge on any atom is 0.329 e. The van der Waals surface area contributed by atoms with Gasteiger partial charge in [-0.25, -0.2) is 9.69 Å². The molecule has 1 aliphatic rings. The minimum atomic E-state index is -0.800. The molecule has 0 atom stereocenters. The van der Waals surface area contributed by atoms with E-state index in [0.717, 1.165) is 0 Å². The summed E-state index contributed by atoms with van der Waals surface area (Å²) in [4.78, 5) is 25.9. The van der Waals surface area contributed by atoms with E-state index < -0.39 is 11.6 Å². The van der Waals surface area contributed by atoms with Gasteiger partial charge in [0, 0.05) is 0 Å². The Kier molecular flexibility index (Phi) is 3.34. The lowest BCUT2D eigenvalue weighted by Crippen LogP contribution is -2.45. The van der Waals surface area contributed by atoms with E-state index in [-0.39, 0.29) is 5.91 Å². The normalized spacial score (nSPS) is 18.0. The van der Waals surface area contributed by atoms with Gasteiger partial charge in [0.25, 0.3) is 5.91 Å². The van der Waals surface area contributed by atoms with Crippen LogP contribution in [0.1, 0.15) is 45.1 Å². The van der Waals surface area contributed by atoms with Crippen molar-refractivity contribution in [3.63, 3.8) is 0 Å². The van der Waals surface area contributed by atoms with Crippen LogP contribution in [-0.2, 0) is 11.2 Å². The standard InChI is InChI=1S/C13H19N3O3/c1-5-9-10(8(4)19-15-9)16-11(17)13(6-2,7-3)14-12(16)18/h5-7H2,1-4H3,(H,14,18). The average molecular weight is 265 g/mol. The number of rotatable bonds is 4. The first-order valence-corrected chi connectivity index (χ1v) is 6.62. The van der Waals surface area contributed by atoms with Gasteiger partial charge in [0.05, 0.1) is 0 Å². The molecule has 0 bridgehead atoms. The fourth-order valence-corrected chi connectivity index (χ4v) is 2.48. The molecule has 104 valence electrons. The fraction of sp³-hybridized carbons (Fsp3) is 0.615. The number of carbonyl (C=O) groups is 2. The highest BCUT2D eigenvalue weighted by Crippen LogP contribution is 2.33. The van der Waals surface area contributed by atoms with Gasteiger partial charge in [-0.2, -0.15) is 0 Å². The zero-order valence-electron chi connectivity index (χ0n) is 11.7. The molecular formula is C13H19N3O3. The SMILES string of the molecule is CCc1noc(C)c1N1C(=O)NC(CC)(CC)C1=O. The molecule has 1 fully saturated rings. The summed E-state index contributed by atoms with van der Waals surface area (Å²) in [6.45, 7) is 7.41. The van der Waals surface area contributed by atoms with Gasteiger partial charge in [-0.15, -0.1) is 0 Å². The van der Waals surface area contributed by atoms with Crippen LogP contribution in [0.4, 0.5) is 10.5 Å². The first-order chi connectivity index (χ1) is 9.00. The van der Waals surface area contributed by atoms with Crippen LogP contribution in [0, 0.1) is 6.92 Å². The van der Waals surface area contributed by atoms with Crippen molar-refractivity contribution < 1.29 is 14.1 Å². The lowest BCUT2D eigenvalue weighted by atomic mass is 9.93. The molecule has 0 unspecified atom stereocenters. The second-order valence-corrected chi connectivity index (χ2v) is 4.75. The van der Waals surface area contributed by atoms with Gasteiger partial charge < -0.3 is 9.84 Å². The van der Waals surface area contributed by atoms with E-state index in [1.165, 1.54) is 4.90 Å². The first kappa shape index (κ1) is 13.6. The predicted octanol–water partition coefficient (Wildman–Crippen LogP) is 2.16. The minimum Gasteiger partial charge on any atom is -0.359 e. The number of amides is 3. The van der Waals surface area contributed by atoms with Crippen LogP contribution in [0.25, 0.3) is 0 Å². The van der Waals surface area contributed by atoms with E-state index in [0.29, 0.717) is 36.4 Å². The quantitative estimate of drug-likeness (QED) is 0.846. The summed E-state index contributed by atoms with van der Waals surface area (Å²) in [5, 5.41) is 6.70. The molecule has 0 spiro atoms. The van der Waals surface area contributed by atoms with Crippen LogP contribution >= 0.6 is 0 Å². The van der Waals surface area contributed by atoms with Gasteiger partial charge in [-0.05, 0) is 26.2 Å². The fourth-order valence-electron chi connectivity index (χ4n) is 2.48. The van der Waals surface area contributed by atoms with Gasteiger partial charge >= 0.3 is 6.03 Å². The predicted molar refractivity (Wildman–Crippen MR) is 69.9 cm³/mol. The molecule has 0 radical (unpaired) electrons. The van der Waals surface area contributed by atoms with E-state index in [1.54, 1.807) is 6.92 Å². The molecule has 1 aliphatic heterocycles. The van der Waals surface area contributed by atoms with E-state index in [2.05, 4.69) is 10.5 Å². The summed E-state index contributed by atoms with van der Waals surface area (Å²) >= 11 is 0. The molecule has 19 heavy (non-hydrogen) atoms. The van der Waals surface area contributed by atoms with Gasteiger partial charge in [-0.1, -0.05) is 25.9 Å². The molecule has 1 aromatic rings. The van der Waals surface area contributed by atoms with E-state index in [9.17, 15) is 9.59 Å². The summed E-state index contributed by atoms with van der Waals surface area (Å²) in [5.74, 6) is 0.270. The van der Waals surface area contributed by atoms with Crippen molar-refractivity contribution in [3.8, 4) is 0 Å². The first-order valence-electron chi connectivity index (χ1n) is 6.62. The van der Waals surface area contributed by atoms with Crippen molar-refractivity contribution >= 4 is 17.6 Å². The molecule has 2 rings (SSSR count). The number of aryl methyl sites for hydroxylation is 2. The van der Waals surface area contributed by atoms with Gasteiger partial charge in [0.2, 0.25) is 0 Å². The molecule has 0 saturated carbocycles. The van der Waals surface area contributed by atoms with E-state index in [4.69, 9.17) is 4.52 Å². The van der Waals surface area contributed by atoms with Crippen LogP contribution in [0.3, 0.4) is 0 Å². The summed E-state index contributed by atoms with van der Waals surface area (Å²) in [5.41, 5.74) is 0.323. The maximum atomic E-state index is 12.6. The molecule has 6 nitrogen and oxygen atoms in total. The summed E-state index contributed by atoms with van der Waals surface area (Å²) in [7, 11) is 0. The van der Waals surface area contributed by atoms with Crippen LogP contribution in [0.5, 0.6) is 0 Å². The van der Waals surface area contributed by atoms with E-state index in [1.807, 2.05) is 20.8 Å². The highest BCUT2D eigenvalue weighted by Gasteiger charge is 2.50. The largest absolute Gasteiger partial charge is 0.359 e. The Morgan fingerprint density at radius 3 is 2.37 bits per heavy atom. The van der Waals surface area contributed by atoms with Gasteiger partial charge in [0.1, 0.15) is 16.9 Å². The number of nitrogens with one attached hydrogen (secondary N) is 1. The molecule has 6 heteroatoms. The van der Waals surface area contributed by atoms with Crippen LogP contribution in [0.2, 0.25) is 0 Å². The Labute approximate surface area is 112 Å². The third kappa shape index (κ3) is 1.82. The summed E-state index contributed by atoms with van der Waals surface area (Å²) in [6.07, 6.45) is 1.74. The Morgan fingerprint density at radius 1 is 1.26 bits per heavy atom. The molecule has 1 aromatic heterocycles. The number of nitrogens with zero attached hydrogens (tertiary/aromatic N) is 2. The van der Waals surface area contributed by atoms with Crippen molar-refractivity contribution in [1.82, 2.24) is 10.5 Å². The Morgan fingerprint density at radius 2 is 1.89 bits per heavy atom. The zero-order valence-corrected chi connectivity index (χ0v) is 11.7. The monoisotopic (exact) mass is 265 g/mol. The molecule has 1 saturated heterocycles. The third-order valence-corrected chi connectivity index (χ3v) is 3.83. The molecule has 3 amide bonds. The topological polar surface area (TPSA) is 75.4 Å². The van der Waals surface area contributed by atoms with Crippen LogP contribution in [0.15, 0.2) is 4.52 Å². The Hall–Kier alpha value is -1.85. The van der Waals surface area contributed by atoms with Crippen molar-refractivity contribution in [3.05, 3.63) is 11.5 Å². The summed E-state index contributed by atoms with van der Waals surface area (Å²) < 4.78 is 5.11. The highest BCUT2D eigenvalue weighted by atomic mass is 16.5. The zero-order chi connectivity index (χ0) is 14.2. The second kappa shape index (κ2) is 4.68. The second-order valence-electron chi connectivity index (χ2n) is 4.75. The lowest BCUT2D eigenvalue weighted by molar-refractivity contribution is -0.122. The maximum absolute atomic E-state index is 12.6. The average Bonchev–Trinajstić information content (AvgIpc) is 2.88. The number of hydrogen-bond acceptors (Lipinski definition) is 4. The van der Waals surface area contributed by atoms with Gasteiger partial charge in [-0.3, -0.25) is 4.79 Å². The van der Waals surface area contributed by atoms with E-state index >= 15 is 0 Å². The number of aromatic nitrogens is 1. The highest BCUT2D eigenvalue weighted by molar-refractivity contribution is 6.23. The third-order valence-electron chi connectivity index (χ3n) is 3.83. The molecular weight excluding hydrogens is 246 g/mol. The molecule has 2 heterocycles. The van der Waals surface area contributed by atoms with Crippen molar-refractivity contribution in [2.24, 2.45) is 0 Å². The number of anilines is 1. The lowest BCUT2D eigenvalue weighted by Gasteiger charge is -2.23. The molecule has 0 aliphatic carbocycles. The van der Waals surface area contributed by atoms with Crippen LogP contribution < -0.4 is 10.2 Å². The van der Waals surface area contributed by atoms with Crippen molar-refractivity contribution in [2.45, 2.75) is 52.5 Å². The number of imide groups is 1. The molecule has 0 aromatic carbocycles. The summed E-state index contributed by atoms with van der Waals surface area (Å²) in [6, 6.07) is -0.394. The number of hydrogen-bond donors (Lipinski definition) is 1. The number of carbonyl (C=O) groups excluding carboxylic acids is 2. The number of urea groups is 1. The smallest absolute Gasteiger partial charge is 0.329 e. The van der Waals surface area contributed by atoms with Crippen molar-refractivity contribution in [2.75, 3.05) is 4.90 Å². The minimum absolute atomic E-state index is 0.219. The Bertz CT molecular complexity index is 517. The Balaban J connectivity index is 2.49.